The Morgan fingerprint density at radius 3 is 2.62 bits per heavy atom. The maximum Gasteiger partial charge on any atom is 0.269 e. The van der Waals surface area contributed by atoms with Crippen LogP contribution in [0.5, 0.6) is 0 Å². The van der Waals surface area contributed by atoms with E-state index in [1.807, 2.05) is 13.8 Å². The van der Waals surface area contributed by atoms with Crippen molar-refractivity contribution in [1.29, 1.82) is 0 Å². The van der Waals surface area contributed by atoms with E-state index in [0.29, 0.717) is 12.0 Å². The van der Waals surface area contributed by atoms with Crippen LogP contribution in [0.2, 0.25) is 0 Å². The lowest BCUT2D eigenvalue weighted by Crippen LogP contribution is -2.38. The molecule has 0 saturated carbocycles. The van der Waals surface area contributed by atoms with E-state index in [1.165, 1.54) is 12.1 Å². The predicted molar refractivity (Wildman–Crippen MR) is 59.9 cm³/mol. The van der Waals surface area contributed by atoms with Gasteiger partial charge in [0.25, 0.3) is 5.69 Å². The summed E-state index contributed by atoms with van der Waals surface area (Å²) in [4.78, 5) is 10.0. The molecule has 5 heteroatoms. The van der Waals surface area contributed by atoms with E-state index in [1.54, 1.807) is 7.05 Å². The molecule has 4 nitrogen and oxygen atoms in total. The smallest absolute Gasteiger partial charge is 0.269 e. The second-order valence-electron chi connectivity index (χ2n) is 4.34. The van der Waals surface area contributed by atoms with Crippen molar-refractivity contribution in [3.05, 3.63) is 39.7 Å². The van der Waals surface area contributed by atoms with E-state index in [2.05, 4.69) is 5.32 Å². The van der Waals surface area contributed by atoms with Gasteiger partial charge in [0.05, 0.1) is 4.92 Å². The van der Waals surface area contributed by atoms with E-state index in [0.717, 1.165) is 6.07 Å². The average Bonchev–Trinajstić information content (AvgIpc) is 2.21. The first-order valence-corrected chi connectivity index (χ1v) is 4.97. The SMILES string of the molecule is CNC(C)(C)Cc1cc([N+](=O)[O-])ccc1F. The molecule has 0 aromatic heterocycles. The first kappa shape index (κ1) is 12.6. The van der Waals surface area contributed by atoms with Crippen LogP contribution in [-0.4, -0.2) is 17.5 Å². The van der Waals surface area contributed by atoms with Crippen LogP contribution in [0.4, 0.5) is 10.1 Å². The summed E-state index contributed by atoms with van der Waals surface area (Å²) in [5.41, 5.74) is -0.0207. The molecule has 0 radical (unpaired) electrons. The van der Waals surface area contributed by atoms with E-state index in [-0.39, 0.29) is 11.2 Å². The zero-order chi connectivity index (χ0) is 12.3. The van der Waals surface area contributed by atoms with Crippen molar-refractivity contribution < 1.29 is 9.31 Å². The highest BCUT2D eigenvalue weighted by atomic mass is 19.1. The predicted octanol–water partition coefficient (Wildman–Crippen LogP) is 2.27. The van der Waals surface area contributed by atoms with Gasteiger partial charge < -0.3 is 5.32 Å². The van der Waals surface area contributed by atoms with Gasteiger partial charge in [-0.3, -0.25) is 10.1 Å². The van der Waals surface area contributed by atoms with Crippen LogP contribution in [0.1, 0.15) is 19.4 Å². The summed E-state index contributed by atoms with van der Waals surface area (Å²) in [6.07, 6.45) is 0.400. The lowest BCUT2D eigenvalue weighted by molar-refractivity contribution is -0.385. The van der Waals surface area contributed by atoms with Gasteiger partial charge in [-0.05, 0) is 38.9 Å². The van der Waals surface area contributed by atoms with Crippen molar-refractivity contribution in [1.82, 2.24) is 5.32 Å². The van der Waals surface area contributed by atoms with Crippen LogP contribution in [-0.2, 0) is 6.42 Å². The van der Waals surface area contributed by atoms with Gasteiger partial charge >= 0.3 is 0 Å². The molecule has 0 spiro atoms. The molecule has 1 rings (SSSR count). The third-order valence-electron chi connectivity index (χ3n) is 2.55. The van der Waals surface area contributed by atoms with Crippen molar-refractivity contribution in [2.24, 2.45) is 0 Å². The molecule has 88 valence electrons. The number of nitrogens with one attached hydrogen (secondary N) is 1. The molecule has 0 unspecified atom stereocenters. The molecule has 0 aliphatic carbocycles. The van der Waals surface area contributed by atoms with Gasteiger partial charge in [-0.15, -0.1) is 0 Å². The Kier molecular flexibility index (Phi) is 3.59. The van der Waals surface area contributed by atoms with Crippen LogP contribution in [0.15, 0.2) is 18.2 Å². The monoisotopic (exact) mass is 226 g/mol. The minimum Gasteiger partial charge on any atom is -0.314 e. The number of nitro groups is 1. The highest BCUT2D eigenvalue weighted by molar-refractivity contribution is 5.36. The zero-order valence-electron chi connectivity index (χ0n) is 9.58. The maximum atomic E-state index is 13.4. The molecule has 0 fully saturated rings. The van der Waals surface area contributed by atoms with Gasteiger partial charge in [-0.2, -0.15) is 0 Å². The average molecular weight is 226 g/mol. The van der Waals surface area contributed by atoms with Gasteiger partial charge in [0.1, 0.15) is 5.82 Å². The standard InChI is InChI=1S/C11H15FN2O2/c1-11(2,13-3)7-8-6-9(14(15)16)4-5-10(8)12/h4-6,13H,7H2,1-3H3. The second-order valence-corrected chi connectivity index (χ2v) is 4.34. The number of nitro benzene ring substituents is 1. The summed E-state index contributed by atoms with van der Waals surface area (Å²) >= 11 is 0. The van der Waals surface area contributed by atoms with Gasteiger partial charge in [-0.1, -0.05) is 0 Å². The normalized spacial score (nSPS) is 11.5. The summed E-state index contributed by atoms with van der Waals surface area (Å²) in [5, 5.41) is 13.6. The van der Waals surface area contributed by atoms with Crippen molar-refractivity contribution >= 4 is 5.69 Å². The van der Waals surface area contributed by atoms with E-state index in [4.69, 9.17) is 0 Å². The fourth-order valence-corrected chi connectivity index (χ4v) is 1.37. The van der Waals surface area contributed by atoms with Crippen molar-refractivity contribution in [3.63, 3.8) is 0 Å². The van der Waals surface area contributed by atoms with Crippen LogP contribution >= 0.6 is 0 Å². The Bertz CT molecular complexity index is 405. The fraction of sp³-hybridized carbons (Fsp3) is 0.455. The van der Waals surface area contributed by atoms with Crippen molar-refractivity contribution in [2.75, 3.05) is 7.05 Å². The van der Waals surface area contributed by atoms with Crippen LogP contribution in [0.3, 0.4) is 0 Å². The van der Waals surface area contributed by atoms with E-state index < -0.39 is 10.7 Å². The minimum atomic E-state index is -0.519. The van der Waals surface area contributed by atoms with Crippen molar-refractivity contribution in [3.8, 4) is 0 Å². The molecule has 0 saturated heterocycles. The Balaban J connectivity index is 3.03. The van der Waals surface area contributed by atoms with E-state index in [9.17, 15) is 14.5 Å². The molecule has 1 aromatic rings. The number of likely N-dealkylation sites (N-methyl/N-ethyl adjacent to an activating group) is 1. The number of hydrogen-bond acceptors (Lipinski definition) is 3. The molecule has 0 bridgehead atoms. The van der Waals surface area contributed by atoms with Crippen LogP contribution in [0, 0.1) is 15.9 Å². The number of benzene rings is 1. The molecular formula is C11H15FN2O2. The molecule has 0 amide bonds. The Morgan fingerprint density at radius 2 is 2.12 bits per heavy atom. The Labute approximate surface area is 93.6 Å². The van der Waals surface area contributed by atoms with Crippen molar-refractivity contribution in [2.45, 2.75) is 25.8 Å². The maximum absolute atomic E-state index is 13.4. The number of halogens is 1. The summed E-state index contributed by atoms with van der Waals surface area (Å²) < 4.78 is 13.4. The van der Waals surface area contributed by atoms with Gasteiger partial charge in [-0.25, -0.2) is 4.39 Å². The molecule has 1 N–H and O–H groups in total. The number of hydrogen-bond donors (Lipinski definition) is 1. The topological polar surface area (TPSA) is 55.2 Å². The van der Waals surface area contributed by atoms with E-state index >= 15 is 0 Å². The third kappa shape index (κ3) is 3.00. The third-order valence-corrected chi connectivity index (χ3v) is 2.55. The Morgan fingerprint density at radius 1 is 1.50 bits per heavy atom. The first-order valence-electron chi connectivity index (χ1n) is 4.97. The van der Waals surface area contributed by atoms with Crippen LogP contribution < -0.4 is 5.32 Å². The molecular weight excluding hydrogens is 211 g/mol. The summed E-state index contributed by atoms with van der Waals surface area (Å²) in [6.45, 7) is 3.82. The molecule has 16 heavy (non-hydrogen) atoms. The van der Waals surface area contributed by atoms with Gasteiger partial charge in [0, 0.05) is 17.7 Å². The Hall–Kier alpha value is -1.49. The lowest BCUT2D eigenvalue weighted by atomic mass is 9.94. The summed E-state index contributed by atoms with van der Waals surface area (Å²) in [7, 11) is 1.77. The molecule has 1 aromatic carbocycles. The number of non-ortho nitro benzene ring substituents is 1. The van der Waals surface area contributed by atoms with Crippen LogP contribution in [0.25, 0.3) is 0 Å². The molecule has 0 aliphatic rings. The largest absolute Gasteiger partial charge is 0.314 e. The zero-order valence-corrected chi connectivity index (χ0v) is 9.58. The fourth-order valence-electron chi connectivity index (χ4n) is 1.37. The molecule has 0 aliphatic heterocycles. The molecule has 0 atom stereocenters. The number of nitrogens with zero attached hydrogens (tertiary/aromatic N) is 1. The summed E-state index contributed by atoms with van der Waals surface area (Å²) in [6, 6.07) is 3.60. The van der Waals surface area contributed by atoms with Gasteiger partial charge in [0.15, 0.2) is 0 Å². The lowest BCUT2D eigenvalue weighted by Gasteiger charge is -2.24. The second kappa shape index (κ2) is 4.57. The minimum absolute atomic E-state index is 0.0803. The first-order chi connectivity index (χ1) is 7.35. The number of rotatable bonds is 4. The highest BCUT2D eigenvalue weighted by Gasteiger charge is 2.19. The quantitative estimate of drug-likeness (QED) is 0.633. The highest BCUT2D eigenvalue weighted by Crippen LogP contribution is 2.20. The molecule has 0 heterocycles. The summed E-state index contributed by atoms with van der Waals surface area (Å²) in [5.74, 6) is -0.408. The van der Waals surface area contributed by atoms with Gasteiger partial charge in [0.2, 0.25) is 0 Å².